The average molecular weight is 317 g/mol. The zero-order valence-electron chi connectivity index (χ0n) is 13.1. The van der Waals surface area contributed by atoms with Crippen molar-refractivity contribution in [1.82, 2.24) is 10.6 Å². The van der Waals surface area contributed by atoms with Crippen molar-refractivity contribution in [2.45, 2.75) is 12.8 Å². The van der Waals surface area contributed by atoms with Crippen molar-refractivity contribution in [2.24, 2.45) is 0 Å². The first kappa shape index (κ1) is 16.4. The van der Waals surface area contributed by atoms with Crippen LogP contribution < -0.4 is 15.5 Å². The molecule has 0 aliphatic carbocycles. The topological polar surface area (TPSA) is 44.4 Å². The van der Waals surface area contributed by atoms with Gasteiger partial charge < -0.3 is 15.5 Å². The lowest BCUT2D eigenvalue weighted by atomic mass is 10.1. The SMILES string of the molecule is CN(C)c1ccc(CCNC(=O)NCCc2cccs2)cc1. The molecular weight excluding hydrogens is 294 g/mol. The summed E-state index contributed by atoms with van der Waals surface area (Å²) in [4.78, 5) is 15.0. The maximum absolute atomic E-state index is 11.7. The van der Waals surface area contributed by atoms with Crippen molar-refractivity contribution >= 4 is 23.1 Å². The Morgan fingerprint density at radius 3 is 2.32 bits per heavy atom. The highest BCUT2D eigenvalue weighted by molar-refractivity contribution is 7.09. The second-order valence-corrected chi connectivity index (χ2v) is 6.36. The van der Waals surface area contributed by atoms with Crippen molar-refractivity contribution in [1.29, 1.82) is 0 Å². The average Bonchev–Trinajstić information content (AvgIpc) is 3.01. The van der Waals surface area contributed by atoms with Crippen molar-refractivity contribution < 1.29 is 4.79 Å². The quantitative estimate of drug-likeness (QED) is 0.825. The smallest absolute Gasteiger partial charge is 0.314 e. The minimum atomic E-state index is -0.0959. The molecule has 0 bridgehead atoms. The third-order valence-corrected chi connectivity index (χ3v) is 4.33. The molecule has 2 amide bonds. The normalized spacial score (nSPS) is 10.3. The van der Waals surface area contributed by atoms with Crippen molar-refractivity contribution in [2.75, 3.05) is 32.1 Å². The van der Waals surface area contributed by atoms with E-state index in [-0.39, 0.29) is 6.03 Å². The van der Waals surface area contributed by atoms with E-state index >= 15 is 0 Å². The Kier molecular flexibility index (Phi) is 6.27. The molecule has 0 spiro atoms. The van der Waals surface area contributed by atoms with Gasteiger partial charge in [-0.15, -0.1) is 11.3 Å². The van der Waals surface area contributed by atoms with Crippen LogP contribution in [0, 0.1) is 0 Å². The molecule has 0 aliphatic heterocycles. The van der Waals surface area contributed by atoms with Crippen molar-refractivity contribution in [3.05, 3.63) is 52.2 Å². The molecule has 0 atom stereocenters. The minimum Gasteiger partial charge on any atom is -0.378 e. The Labute approximate surface area is 136 Å². The summed E-state index contributed by atoms with van der Waals surface area (Å²) in [6, 6.07) is 12.4. The molecule has 2 N–H and O–H groups in total. The number of nitrogens with one attached hydrogen (secondary N) is 2. The highest BCUT2D eigenvalue weighted by Crippen LogP contribution is 2.12. The van der Waals surface area contributed by atoms with Crippen LogP contribution in [0.5, 0.6) is 0 Å². The maximum Gasteiger partial charge on any atom is 0.314 e. The number of carbonyl (C=O) groups is 1. The summed E-state index contributed by atoms with van der Waals surface area (Å²) in [5, 5.41) is 7.83. The van der Waals surface area contributed by atoms with Crippen LogP contribution in [-0.2, 0) is 12.8 Å². The van der Waals surface area contributed by atoms with Crippen LogP contribution in [0.15, 0.2) is 41.8 Å². The van der Waals surface area contributed by atoms with E-state index in [9.17, 15) is 4.79 Å². The van der Waals surface area contributed by atoms with Gasteiger partial charge in [-0.1, -0.05) is 18.2 Å². The fourth-order valence-electron chi connectivity index (χ4n) is 2.10. The number of thiophene rings is 1. The lowest BCUT2D eigenvalue weighted by Gasteiger charge is -2.12. The van der Waals surface area contributed by atoms with E-state index < -0.39 is 0 Å². The summed E-state index contributed by atoms with van der Waals surface area (Å²) in [6.45, 7) is 1.32. The van der Waals surface area contributed by atoms with Gasteiger partial charge in [0.15, 0.2) is 0 Å². The Bertz CT molecular complexity index is 564. The third kappa shape index (κ3) is 5.41. The molecule has 0 saturated carbocycles. The summed E-state index contributed by atoms with van der Waals surface area (Å²) in [5.41, 5.74) is 2.41. The lowest BCUT2D eigenvalue weighted by Crippen LogP contribution is -2.37. The Morgan fingerprint density at radius 2 is 1.73 bits per heavy atom. The van der Waals surface area contributed by atoms with Gasteiger partial charge >= 0.3 is 6.03 Å². The van der Waals surface area contributed by atoms with Crippen molar-refractivity contribution in [3.8, 4) is 0 Å². The molecule has 0 fully saturated rings. The number of benzene rings is 1. The molecule has 5 heteroatoms. The van der Waals surface area contributed by atoms with E-state index in [0.29, 0.717) is 13.1 Å². The molecule has 0 unspecified atom stereocenters. The monoisotopic (exact) mass is 317 g/mol. The number of amides is 2. The zero-order chi connectivity index (χ0) is 15.8. The van der Waals surface area contributed by atoms with E-state index in [2.05, 4.69) is 51.2 Å². The number of urea groups is 1. The van der Waals surface area contributed by atoms with Gasteiger partial charge in [0.1, 0.15) is 0 Å². The summed E-state index contributed by atoms with van der Waals surface area (Å²) in [5.74, 6) is 0. The van der Waals surface area contributed by atoms with Crippen LogP contribution in [0.3, 0.4) is 0 Å². The summed E-state index contributed by atoms with van der Waals surface area (Å²) in [6.07, 6.45) is 1.73. The number of hydrogen-bond donors (Lipinski definition) is 2. The molecule has 118 valence electrons. The standard InChI is InChI=1S/C17H23N3OS/c1-20(2)15-7-5-14(6-8-15)9-11-18-17(21)19-12-10-16-4-3-13-22-16/h3-8,13H,9-12H2,1-2H3,(H2,18,19,21). The second-order valence-electron chi connectivity index (χ2n) is 5.32. The predicted octanol–water partition coefficient (Wildman–Crippen LogP) is 2.90. The minimum absolute atomic E-state index is 0.0959. The van der Waals surface area contributed by atoms with E-state index in [4.69, 9.17) is 0 Å². The fraction of sp³-hybridized carbons (Fsp3) is 0.353. The van der Waals surface area contributed by atoms with Gasteiger partial charge in [-0.25, -0.2) is 4.79 Å². The van der Waals surface area contributed by atoms with Crippen LogP contribution in [-0.4, -0.2) is 33.2 Å². The van der Waals surface area contributed by atoms with Gasteiger partial charge in [0.05, 0.1) is 0 Å². The Morgan fingerprint density at radius 1 is 1.05 bits per heavy atom. The Balaban J connectivity index is 1.62. The summed E-state index contributed by atoms with van der Waals surface area (Å²) < 4.78 is 0. The highest BCUT2D eigenvalue weighted by atomic mass is 32.1. The number of rotatable bonds is 7. The van der Waals surface area contributed by atoms with Crippen LogP contribution >= 0.6 is 11.3 Å². The van der Waals surface area contributed by atoms with Crippen molar-refractivity contribution in [3.63, 3.8) is 0 Å². The molecule has 0 aliphatic rings. The predicted molar refractivity (Wildman–Crippen MR) is 93.9 cm³/mol. The van der Waals surface area contributed by atoms with Gasteiger partial charge in [0.25, 0.3) is 0 Å². The molecular formula is C17H23N3OS. The van der Waals surface area contributed by atoms with E-state index in [0.717, 1.165) is 12.8 Å². The number of carbonyl (C=O) groups excluding carboxylic acids is 1. The maximum atomic E-state index is 11.7. The fourth-order valence-corrected chi connectivity index (χ4v) is 2.81. The molecule has 1 aromatic heterocycles. The van der Waals surface area contributed by atoms with Gasteiger partial charge in [-0.3, -0.25) is 0 Å². The largest absolute Gasteiger partial charge is 0.378 e. The second kappa shape index (κ2) is 8.44. The molecule has 0 saturated heterocycles. The molecule has 22 heavy (non-hydrogen) atoms. The number of hydrogen-bond acceptors (Lipinski definition) is 3. The molecule has 4 nitrogen and oxygen atoms in total. The highest BCUT2D eigenvalue weighted by Gasteiger charge is 2.01. The molecule has 1 aromatic carbocycles. The zero-order valence-corrected chi connectivity index (χ0v) is 14.0. The molecule has 1 heterocycles. The molecule has 2 rings (SSSR count). The van der Waals surface area contributed by atoms with Gasteiger partial charge in [0, 0.05) is 37.7 Å². The van der Waals surface area contributed by atoms with Gasteiger partial charge in [0.2, 0.25) is 0 Å². The van der Waals surface area contributed by atoms with Crippen LogP contribution in [0.4, 0.5) is 10.5 Å². The summed E-state index contributed by atoms with van der Waals surface area (Å²) >= 11 is 1.72. The van der Waals surface area contributed by atoms with E-state index in [1.165, 1.54) is 16.1 Å². The van der Waals surface area contributed by atoms with Gasteiger partial charge in [-0.05, 0) is 42.0 Å². The summed E-state index contributed by atoms with van der Waals surface area (Å²) in [7, 11) is 4.05. The van der Waals surface area contributed by atoms with Crippen LogP contribution in [0.1, 0.15) is 10.4 Å². The first-order chi connectivity index (χ1) is 10.6. The van der Waals surface area contributed by atoms with Crippen LogP contribution in [0.2, 0.25) is 0 Å². The van der Waals surface area contributed by atoms with Crippen LogP contribution in [0.25, 0.3) is 0 Å². The first-order valence-corrected chi connectivity index (χ1v) is 8.33. The van der Waals surface area contributed by atoms with E-state index in [1.54, 1.807) is 11.3 Å². The van der Waals surface area contributed by atoms with E-state index in [1.807, 2.05) is 20.2 Å². The number of nitrogens with zero attached hydrogens (tertiary/aromatic N) is 1. The first-order valence-electron chi connectivity index (χ1n) is 7.45. The Hall–Kier alpha value is -2.01. The number of anilines is 1. The van der Waals surface area contributed by atoms with Gasteiger partial charge in [-0.2, -0.15) is 0 Å². The third-order valence-electron chi connectivity index (χ3n) is 3.39. The lowest BCUT2D eigenvalue weighted by molar-refractivity contribution is 0.241. The molecule has 0 radical (unpaired) electrons. The molecule has 2 aromatic rings.